The van der Waals surface area contributed by atoms with Crippen molar-refractivity contribution >= 4 is 23.6 Å². The lowest BCUT2D eigenvalue weighted by molar-refractivity contribution is 0.112. The van der Waals surface area contributed by atoms with Crippen molar-refractivity contribution in [1.82, 2.24) is 9.97 Å². The van der Waals surface area contributed by atoms with Crippen LogP contribution in [-0.4, -0.2) is 67.4 Å². The van der Waals surface area contributed by atoms with Gasteiger partial charge in [-0.2, -0.15) is 0 Å². The van der Waals surface area contributed by atoms with Crippen LogP contribution >= 0.6 is 0 Å². The van der Waals surface area contributed by atoms with Gasteiger partial charge in [-0.3, -0.25) is 9.78 Å². The van der Waals surface area contributed by atoms with Crippen molar-refractivity contribution in [2.24, 2.45) is 0 Å². The zero-order valence-electron chi connectivity index (χ0n) is 22.5. The highest BCUT2D eigenvalue weighted by molar-refractivity contribution is 5.76. The third-order valence-electron chi connectivity index (χ3n) is 6.24. The van der Waals surface area contributed by atoms with E-state index in [-0.39, 0.29) is 12.6 Å². The van der Waals surface area contributed by atoms with Gasteiger partial charge in [-0.25, -0.2) is 4.98 Å². The van der Waals surface area contributed by atoms with Crippen LogP contribution in [0.1, 0.15) is 48.2 Å². The molecule has 4 rings (SSSR count). The summed E-state index contributed by atoms with van der Waals surface area (Å²) in [6.45, 7) is 11.4. The number of aliphatic hydroxyl groups excluding tert-OH is 1. The predicted octanol–water partition coefficient (Wildman–Crippen LogP) is 4.75. The number of benzene rings is 1. The number of carbonyl (C=O) groups excluding carboxylic acids is 1. The second kappa shape index (κ2) is 13.7. The molecule has 1 atom stereocenters. The molecule has 2 aromatic heterocycles. The number of aliphatic hydroxyl groups is 1. The molecule has 1 fully saturated rings. The van der Waals surface area contributed by atoms with Gasteiger partial charge in [0.2, 0.25) is 0 Å². The molecule has 0 aliphatic carbocycles. The fourth-order valence-corrected chi connectivity index (χ4v) is 3.94. The summed E-state index contributed by atoms with van der Waals surface area (Å²) in [7, 11) is 1.93. The van der Waals surface area contributed by atoms with Crippen LogP contribution in [0, 0.1) is 6.92 Å². The summed E-state index contributed by atoms with van der Waals surface area (Å²) in [5.74, 6) is 2.15. The molecule has 0 amide bonds. The molecule has 37 heavy (non-hydrogen) atoms. The van der Waals surface area contributed by atoms with E-state index >= 15 is 0 Å². The summed E-state index contributed by atoms with van der Waals surface area (Å²) in [5, 5.41) is 15.9. The van der Waals surface area contributed by atoms with Crippen LogP contribution < -0.4 is 15.5 Å². The van der Waals surface area contributed by atoms with Gasteiger partial charge in [0.15, 0.2) is 6.29 Å². The average Bonchev–Trinajstić information content (AvgIpc) is 2.94. The van der Waals surface area contributed by atoms with Crippen LogP contribution in [0.2, 0.25) is 0 Å². The molecule has 0 saturated carbocycles. The van der Waals surface area contributed by atoms with Crippen LogP contribution in [0.5, 0.6) is 0 Å². The molecule has 3 heterocycles. The molecule has 0 bridgehead atoms. The Morgan fingerprint density at radius 2 is 1.86 bits per heavy atom. The van der Waals surface area contributed by atoms with Gasteiger partial charge in [0, 0.05) is 49.8 Å². The van der Waals surface area contributed by atoms with E-state index in [0.717, 1.165) is 61.0 Å². The Labute approximate surface area is 220 Å². The first-order valence-electron chi connectivity index (χ1n) is 12.8. The lowest BCUT2D eigenvalue weighted by Gasteiger charge is -2.29. The van der Waals surface area contributed by atoms with E-state index in [4.69, 9.17) is 9.72 Å². The van der Waals surface area contributed by atoms with Gasteiger partial charge >= 0.3 is 0 Å². The van der Waals surface area contributed by atoms with Gasteiger partial charge in [0.25, 0.3) is 0 Å². The third kappa shape index (κ3) is 8.00. The summed E-state index contributed by atoms with van der Waals surface area (Å²) < 4.78 is 5.47. The maximum absolute atomic E-state index is 10.3. The van der Waals surface area contributed by atoms with E-state index in [2.05, 4.69) is 71.6 Å². The number of anilines is 3. The van der Waals surface area contributed by atoms with E-state index in [1.165, 1.54) is 11.1 Å². The number of aldehydes is 1. The molecule has 3 N–H and O–H groups in total. The third-order valence-corrected chi connectivity index (χ3v) is 6.24. The maximum atomic E-state index is 10.3. The van der Waals surface area contributed by atoms with Crippen LogP contribution in [-0.2, 0) is 4.74 Å². The van der Waals surface area contributed by atoms with Crippen molar-refractivity contribution in [2.45, 2.75) is 39.7 Å². The first-order chi connectivity index (χ1) is 17.8. The number of rotatable bonds is 8. The molecule has 198 valence electrons. The second-order valence-corrected chi connectivity index (χ2v) is 9.53. The lowest BCUT2D eigenvalue weighted by atomic mass is 10.00. The zero-order valence-corrected chi connectivity index (χ0v) is 22.5. The minimum Gasteiger partial charge on any atom is -0.394 e. The monoisotopic (exact) mass is 505 g/mol. The summed E-state index contributed by atoms with van der Waals surface area (Å²) in [6.07, 6.45) is 4.18. The first kappa shape index (κ1) is 28.1. The second-order valence-electron chi connectivity index (χ2n) is 9.53. The summed E-state index contributed by atoms with van der Waals surface area (Å²) >= 11 is 0. The fraction of sp³-hybridized carbons (Fsp3) is 0.414. The van der Waals surface area contributed by atoms with Crippen molar-refractivity contribution < 1.29 is 14.6 Å². The number of morpholine rings is 1. The molecular weight excluding hydrogens is 466 g/mol. The van der Waals surface area contributed by atoms with Crippen molar-refractivity contribution in [1.29, 1.82) is 0 Å². The number of aromatic nitrogens is 2. The number of pyridine rings is 2. The summed E-state index contributed by atoms with van der Waals surface area (Å²) in [5.41, 5.74) is 6.33. The van der Waals surface area contributed by atoms with Crippen molar-refractivity contribution in [3.05, 3.63) is 65.5 Å². The lowest BCUT2D eigenvalue weighted by Crippen LogP contribution is -2.37. The van der Waals surface area contributed by atoms with Gasteiger partial charge in [0.1, 0.15) is 11.6 Å². The largest absolute Gasteiger partial charge is 0.394 e. The number of nitrogens with one attached hydrogen (secondary N) is 2. The fourth-order valence-electron chi connectivity index (χ4n) is 3.94. The minimum atomic E-state index is -0.0555. The van der Waals surface area contributed by atoms with Gasteiger partial charge < -0.3 is 25.4 Å². The van der Waals surface area contributed by atoms with Crippen LogP contribution in [0.3, 0.4) is 0 Å². The molecule has 1 aromatic carbocycles. The predicted molar refractivity (Wildman–Crippen MR) is 151 cm³/mol. The zero-order chi connectivity index (χ0) is 26.8. The Bertz CT molecular complexity index is 1160. The highest BCUT2D eigenvalue weighted by atomic mass is 16.5. The molecule has 0 radical (unpaired) electrons. The highest BCUT2D eigenvalue weighted by Gasteiger charge is 2.16. The number of aryl methyl sites for hydroxylation is 1. The number of nitrogens with zero attached hydrogens (tertiary/aromatic N) is 3. The molecule has 1 aliphatic rings. The standard InChI is InChI=1S/C20H28N4O2.C9H11NO/c1-14-4-5-17(21-3)12-18(14)16-10-19(22-15(2)13-25)23-20(11-16)24-6-8-26-9-7-24;1-7(2)9-3-8(6-11)4-10-5-9/h4-5,10-12,15,21,25H,6-9,13H2,1-3H3,(H,22,23);3-7H,1-2H3. The Balaban J connectivity index is 0.000000289. The van der Waals surface area contributed by atoms with Gasteiger partial charge in [0.05, 0.1) is 19.8 Å². The minimum absolute atomic E-state index is 0.0555. The highest BCUT2D eigenvalue weighted by Crippen LogP contribution is 2.31. The molecule has 3 aromatic rings. The Hall–Kier alpha value is -3.49. The van der Waals surface area contributed by atoms with Crippen molar-refractivity contribution in [3.63, 3.8) is 0 Å². The van der Waals surface area contributed by atoms with E-state index in [0.29, 0.717) is 11.5 Å². The van der Waals surface area contributed by atoms with Gasteiger partial charge in [-0.15, -0.1) is 0 Å². The number of hydrogen-bond donors (Lipinski definition) is 3. The molecule has 1 aliphatic heterocycles. The van der Waals surface area contributed by atoms with Crippen LogP contribution in [0.25, 0.3) is 11.1 Å². The topological polar surface area (TPSA) is 99.6 Å². The Kier molecular flexibility index (Phi) is 10.4. The number of ether oxygens (including phenoxy) is 1. The number of carbonyl (C=O) groups is 1. The first-order valence-corrected chi connectivity index (χ1v) is 12.8. The van der Waals surface area contributed by atoms with E-state index in [1.54, 1.807) is 12.4 Å². The SMILES string of the molecule is CC(C)c1cncc(C=O)c1.CNc1ccc(C)c(-c2cc(NC(C)CO)nc(N3CCOCC3)c2)c1. The number of hydrogen-bond acceptors (Lipinski definition) is 8. The average molecular weight is 506 g/mol. The Morgan fingerprint density at radius 1 is 1.11 bits per heavy atom. The molecule has 0 spiro atoms. The Morgan fingerprint density at radius 3 is 2.51 bits per heavy atom. The summed E-state index contributed by atoms with van der Waals surface area (Å²) in [4.78, 5) is 21.3. The van der Waals surface area contributed by atoms with Crippen molar-refractivity contribution in [3.8, 4) is 11.1 Å². The normalized spacial score (nSPS) is 14.0. The van der Waals surface area contributed by atoms with Gasteiger partial charge in [-0.1, -0.05) is 19.9 Å². The summed E-state index contributed by atoms with van der Waals surface area (Å²) in [6, 6.07) is 12.4. The molecule has 8 nitrogen and oxygen atoms in total. The molecule has 1 unspecified atom stereocenters. The molecular formula is C29H39N5O3. The smallest absolute Gasteiger partial charge is 0.151 e. The van der Waals surface area contributed by atoms with Gasteiger partial charge in [-0.05, 0) is 72.4 Å². The van der Waals surface area contributed by atoms with Crippen LogP contribution in [0.15, 0.2) is 48.8 Å². The molecule has 1 saturated heterocycles. The van der Waals surface area contributed by atoms with E-state index in [1.807, 2.05) is 20.0 Å². The van der Waals surface area contributed by atoms with Crippen molar-refractivity contribution in [2.75, 3.05) is 55.5 Å². The van der Waals surface area contributed by atoms with E-state index < -0.39 is 0 Å². The maximum Gasteiger partial charge on any atom is 0.151 e. The quantitative estimate of drug-likeness (QED) is 0.378. The molecule has 8 heteroatoms. The van der Waals surface area contributed by atoms with E-state index in [9.17, 15) is 9.90 Å². The van der Waals surface area contributed by atoms with Crippen LogP contribution in [0.4, 0.5) is 17.3 Å².